The highest BCUT2D eigenvalue weighted by atomic mass is 79.9. The van der Waals surface area contributed by atoms with Gasteiger partial charge in [0, 0.05) is 15.1 Å². The Morgan fingerprint density at radius 2 is 1.83 bits per heavy atom. The van der Waals surface area contributed by atoms with Crippen LogP contribution in [0.25, 0.3) is 0 Å². The van der Waals surface area contributed by atoms with Crippen molar-refractivity contribution in [2.75, 3.05) is 7.11 Å². The highest BCUT2D eigenvalue weighted by Crippen LogP contribution is 2.28. The molecule has 0 aromatic heterocycles. The zero-order chi connectivity index (χ0) is 13.0. The van der Waals surface area contributed by atoms with Crippen LogP contribution >= 0.6 is 27.5 Å². The molecule has 0 heterocycles. The van der Waals surface area contributed by atoms with Crippen molar-refractivity contribution in [3.63, 3.8) is 0 Å². The van der Waals surface area contributed by atoms with E-state index in [-0.39, 0.29) is 0 Å². The minimum absolute atomic E-state index is 0.409. The maximum atomic E-state index is 6.13. The van der Waals surface area contributed by atoms with Gasteiger partial charge in [0.2, 0.25) is 0 Å². The van der Waals surface area contributed by atoms with Crippen LogP contribution in [0.1, 0.15) is 5.56 Å². The Hall–Kier alpha value is -1.19. The Bertz CT molecular complexity index is 543. The number of ether oxygens (including phenoxy) is 2. The van der Waals surface area contributed by atoms with Crippen molar-refractivity contribution in [3.05, 3.63) is 57.5 Å². The summed E-state index contributed by atoms with van der Waals surface area (Å²) >= 11 is 9.50. The first kappa shape index (κ1) is 13.2. The molecule has 2 rings (SSSR count). The summed E-state index contributed by atoms with van der Waals surface area (Å²) < 4.78 is 11.9. The molecule has 0 aliphatic rings. The molecule has 0 saturated carbocycles. The van der Waals surface area contributed by atoms with E-state index in [9.17, 15) is 0 Å². The molecule has 0 atom stereocenters. The normalized spacial score (nSPS) is 10.2. The van der Waals surface area contributed by atoms with Crippen molar-refractivity contribution in [1.82, 2.24) is 0 Å². The molecule has 2 aromatic rings. The highest BCUT2D eigenvalue weighted by Gasteiger charge is 2.05. The topological polar surface area (TPSA) is 18.5 Å². The van der Waals surface area contributed by atoms with Gasteiger partial charge in [-0.1, -0.05) is 45.7 Å². The fraction of sp³-hybridized carbons (Fsp3) is 0.143. The second-order valence-electron chi connectivity index (χ2n) is 3.68. The SMILES string of the molecule is COc1ccccc1OCc1ccc(Br)cc1Cl. The summed E-state index contributed by atoms with van der Waals surface area (Å²) in [7, 11) is 1.62. The minimum Gasteiger partial charge on any atom is -0.493 e. The Kier molecular flexibility index (Phi) is 4.50. The third-order valence-electron chi connectivity index (χ3n) is 2.47. The lowest BCUT2D eigenvalue weighted by atomic mass is 10.2. The van der Waals surface area contributed by atoms with Crippen molar-refractivity contribution in [1.29, 1.82) is 0 Å². The lowest BCUT2D eigenvalue weighted by Crippen LogP contribution is -1.98. The monoisotopic (exact) mass is 326 g/mol. The maximum absolute atomic E-state index is 6.13. The van der Waals surface area contributed by atoms with Gasteiger partial charge in [0.05, 0.1) is 7.11 Å². The highest BCUT2D eigenvalue weighted by molar-refractivity contribution is 9.10. The third-order valence-corrected chi connectivity index (χ3v) is 3.31. The Morgan fingerprint density at radius 1 is 1.11 bits per heavy atom. The van der Waals surface area contributed by atoms with E-state index in [4.69, 9.17) is 21.1 Å². The number of hydrogen-bond acceptors (Lipinski definition) is 2. The van der Waals surface area contributed by atoms with E-state index in [0.717, 1.165) is 10.0 Å². The van der Waals surface area contributed by atoms with Gasteiger partial charge in [-0.25, -0.2) is 0 Å². The number of methoxy groups -OCH3 is 1. The molecule has 2 nitrogen and oxygen atoms in total. The van der Waals surface area contributed by atoms with Crippen LogP contribution in [-0.4, -0.2) is 7.11 Å². The van der Waals surface area contributed by atoms with E-state index in [0.29, 0.717) is 23.1 Å². The van der Waals surface area contributed by atoms with E-state index in [2.05, 4.69) is 15.9 Å². The molecule has 0 spiro atoms. The Labute approximate surface area is 120 Å². The van der Waals surface area contributed by atoms with Crippen molar-refractivity contribution in [2.24, 2.45) is 0 Å². The van der Waals surface area contributed by atoms with E-state index in [1.165, 1.54) is 0 Å². The molecule has 0 N–H and O–H groups in total. The molecule has 0 aliphatic heterocycles. The van der Waals surface area contributed by atoms with Crippen LogP contribution in [0.4, 0.5) is 0 Å². The fourth-order valence-corrected chi connectivity index (χ4v) is 2.26. The van der Waals surface area contributed by atoms with Gasteiger partial charge in [-0.3, -0.25) is 0 Å². The summed E-state index contributed by atoms with van der Waals surface area (Å²) in [6.07, 6.45) is 0. The van der Waals surface area contributed by atoms with Crippen LogP contribution in [0.3, 0.4) is 0 Å². The smallest absolute Gasteiger partial charge is 0.161 e. The zero-order valence-corrected chi connectivity index (χ0v) is 12.2. The van der Waals surface area contributed by atoms with E-state index in [1.807, 2.05) is 42.5 Å². The number of hydrogen-bond donors (Lipinski definition) is 0. The lowest BCUT2D eigenvalue weighted by molar-refractivity contribution is 0.284. The molecule has 0 aliphatic carbocycles. The van der Waals surface area contributed by atoms with Crippen molar-refractivity contribution < 1.29 is 9.47 Å². The standard InChI is InChI=1S/C14H12BrClO2/c1-17-13-4-2-3-5-14(13)18-9-10-6-7-11(15)8-12(10)16/h2-8H,9H2,1H3. The first-order chi connectivity index (χ1) is 8.70. The summed E-state index contributed by atoms with van der Waals surface area (Å²) in [5, 5.41) is 0.680. The summed E-state index contributed by atoms with van der Waals surface area (Å²) in [4.78, 5) is 0. The molecular weight excluding hydrogens is 316 g/mol. The van der Waals surface area contributed by atoms with E-state index in [1.54, 1.807) is 7.11 Å². The molecule has 0 saturated heterocycles. The van der Waals surface area contributed by atoms with Crippen LogP contribution in [0.5, 0.6) is 11.5 Å². The van der Waals surface area contributed by atoms with Gasteiger partial charge in [-0.2, -0.15) is 0 Å². The van der Waals surface area contributed by atoms with Crippen LogP contribution in [-0.2, 0) is 6.61 Å². The summed E-state index contributed by atoms with van der Waals surface area (Å²) in [5.41, 5.74) is 0.936. The quantitative estimate of drug-likeness (QED) is 0.811. The number of rotatable bonds is 4. The Morgan fingerprint density at radius 3 is 2.50 bits per heavy atom. The molecule has 0 unspecified atom stereocenters. The summed E-state index contributed by atoms with van der Waals surface area (Å²) in [6.45, 7) is 0.409. The van der Waals surface area contributed by atoms with Gasteiger partial charge in [-0.05, 0) is 24.3 Å². The molecular formula is C14H12BrClO2. The summed E-state index contributed by atoms with van der Waals surface area (Å²) in [5.74, 6) is 1.42. The van der Waals surface area contributed by atoms with Gasteiger partial charge in [0.1, 0.15) is 6.61 Å². The Balaban J connectivity index is 2.11. The van der Waals surface area contributed by atoms with E-state index < -0.39 is 0 Å². The van der Waals surface area contributed by atoms with Gasteiger partial charge < -0.3 is 9.47 Å². The lowest BCUT2D eigenvalue weighted by Gasteiger charge is -2.11. The molecule has 0 fully saturated rings. The molecule has 0 amide bonds. The maximum Gasteiger partial charge on any atom is 0.161 e. The predicted molar refractivity (Wildman–Crippen MR) is 76.5 cm³/mol. The second kappa shape index (κ2) is 6.12. The van der Waals surface area contributed by atoms with Crippen molar-refractivity contribution in [3.8, 4) is 11.5 Å². The van der Waals surface area contributed by atoms with Crippen LogP contribution in [0.15, 0.2) is 46.9 Å². The molecule has 18 heavy (non-hydrogen) atoms. The fourth-order valence-electron chi connectivity index (χ4n) is 1.53. The average Bonchev–Trinajstić information content (AvgIpc) is 2.38. The first-order valence-corrected chi connectivity index (χ1v) is 6.57. The molecule has 4 heteroatoms. The van der Waals surface area contributed by atoms with Gasteiger partial charge in [0.15, 0.2) is 11.5 Å². The van der Waals surface area contributed by atoms with Gasteiger partial charge >= 0.3 is 0 Å². The van der Waals surface area contributed by atoms with Gasteiger partial charge in [0.25, 0.3) is 0 Å². The second-order valence-corrected chi connectivity index (χ2v) is 5.00. The number of benzene rings is 2. The molecule has 0 bridgehead atoms. The minimum atomic E-state index is 0.409. The number of para-hydroxylation sites is 2. The molecule has 0 radical (unpaired) electrons. The van der Waals surface area contributed by atoms with Crippen molar-refractivity contribution in [2.45, 2.75) is 6.61 Å². The average molecular weight is 328 g/mol. The summed E-state index contributed by atoms with van der Waals surface area (Å²) in [6, 6.07) is 13.3. The van der Waals surface area contributed by atoms with E-state index >= 15 is 0 Å². The third kappa shape index (κ3) is 3.18. The number of halogens is 2. The van der Waals surface area contributed by atoms with Crippen LogP contribution in [0, 0.1) is 0 Å². The van der Waals surface area contributed by atoms with Gasteiger partial charge in [-0.15, -0.1) is 0 Å². The van der Waals surface area contributed by atoms with Crippen LogP contribution < -0.4 is 9.47 Å². The first-order valence-electron chi connectivity index (χ1n) is 5.40. The molecule has 2 aromatic carbocycles. The largest absolute Gasteiger partial charge is 0.493 e. The predicted octanol–water partition coefficient (Wildman–Crippen LogP) is 4.69. The van der Waals surface area contributed by atoms with Crippen LogP contribution in [0.2, 0.25) is 5.02 Å². The van der Waals surface area contributed by atoms with Crippen molar-refractivity contribution >= 4 is 27.5 Å². The zero-order valence-electron chi connectivity index (χ0n) is 9.82. The molecule has 94 valence electrons.